The Morgan fingerprint density at radius 3 is 3.00 bits per heavy atom. The number of aromatic nitrogens is 3. The van der Waals surface area contributed by atoms with Crippen LogP contribution in [0.4, 0.5) is 0 Å². The standard InChI is InChI=1S/C13H13N3OS/c1-17-11-4-3-9-5-6-16-12(8-10(9)7-11)14-15-13(16)18-2/h3-7H,8H2,1-2H3. The lowest BCUT2D eigenvalue weighted by molar-refractivity contribution is 0.414. The molecule has 2 aromatic rings. The molecule has 0 spiro atoms. The van der Waals surface area contributed by atoms with Gasteiger partial charge in [0.1, 0.15) is 11.6 Å². The van der Waals surface area contributed by atoms with E-state index in [1.807, 2.05) is 23.1 Å². The van der Waals surface area contributed by atoms with Crippen LogP contribution < -0.4 is 4.74 Å². The summed E-state index contributed by atoms with van der Waals surface area (Å²) in [5.74, 6) is 1.84. The SMILES string of the molecule is COc1ccc2c(c1)Cc1nnc(SC)n1C=C2. The molecule has 0 N–H and O–H groups in total. The molecule has 0 unspecified atom stereocenters. The Balaban J connectivity index is 2.09. The minimum Gasteiger partial charge on any atom is -0.497 e. The molecule has 4 nitrogen and oxygen atoms in total. The zero-order valence-electron chi connectivity index (χ0n) is 10.3. The highest BCUT2D eigenvalue weighted by atomic mass is 32.2. The van der Waals surface area contributed by atoms with Crippen molar-refractivity contribution in [2.45, 2.75) is 11.6 Å². The van der Waals surface area contributed by atoms with E-state index in [1.165, 1.54) is 11.1 Å². The minimum atomic E-state index is 0.771. The van der Waals surface area contributed by atoms with Crippen LogP contribution >= 0.6 is 11.8 Å². The number of benzene rings is 1. The highest BCUT2D eigenvalue weighted by Gasteiger charge is 2.15. The molecule has 92 valence electrons. The van der Waals surface area contributed by atoms with Crippen molar-refractivity contribution in [3.05, 3.63) is 35.2 Å². The van der Waals surface area contributed by atoms with Crippen LogP contribution in [0.3, 0.4) is 0 Å². The molecule has 1 aliphatic rings. The first-order chi connectivity index (χ1) is 8.81. The fraction of sp³-hybridized carbons (Fsp3) is 0.231. The van der Waals surface area contributed by atoms with E-state index in [1.54, 1.807) is 18.9 Å². The fourth-order valence-corrected chi connectivity index (χ4v) is 2.55. The van der Waals surface area contributed by atoms with E-state index in [0.717, 1.165) is 23.2 Å². The number of rotatable bonds is 2. The number of methoxy groups -OCH3 is 1. The van der Waals surface area contributed by atoms with Crippen molar-refractivity contribution in [1.29, 1.82) is 0 Å². The molecular weight excluding hydrogens is 246 g/mol. The summed E-state index contributed by atoms with van der Waals surface area (Å²) in [5, 5.41) is 9.33. The first-order valence-electron chi connectivity index (χ1n) is 5.64. The molecule has 0 saturated carbocycles. The molecule has 0 bridgehead atoms. The van der Waals surface area contributed by atoms with E-state index in [2.05, 4.69) is 28.4 Å². The molecule has 0 aliphatic carbocycles. The number of fused-ring (bicyclic) bond motifs is 2. The fourth-order valence-electron chi connectivity index (χ4n) is 2.07. The molecule has 18 heavy (non-hydrogen) atoms. The van der Waals surface area contributed by atoms with Crippen molar-refractivity contribution >= 4 is 24.0 Å². The van der Waals surface area contributed by atoms with Gasteiger partial charge < -0.3 is 4.74 Å². The Hall–Kier alpha value is -1.75. The second-order valence-corrected chi connectivity index (χ2v) is 4.80. The third-order valence-electron chi connectivity index (χ3n) is 3.02. The van der Waals surface area contributed by atoms with E-state index >= 15 is 0 Å². The summed E-state index contributed by atoms with van der Waals surface area (Å²) < 4.78 is 7.30. The lowest BCUT2D eigenvalue weighted by Gasteiger charge is -2.05. The van der Waals surface area contributed by atoms with Crippen molar-refractivity contribution in [3.8, 4) is 5.75 Å². The third kappa shape index (κ3) is 1.80. The maximum Gasteiger partial charge on any atom is 0.195 e. The predicted molar refractivity (Wildman–Crippen MR) is 72.8 cm³/mol. The van der Waals surface area contributed by atoms with Crippen molar-refractivity contribution in [2.75, 3.05) is 13.4 Å². The zero-order chi connectivity index (χ0) is 12.5. The van der Waals surface area contributed by atoms with Crippen molar-refractivity contribution in [1.82, 2.24) is 14.8 Å². The predicted octanol–water partition coefficient (Wildman–Crippen LogP) is 2.54. The molecule has 1 aliphatic heterocycles. The van der Waals surface area contributed by atoms with Crippen LogP contribution in [-0.4, -0.2) is 28.1 Å². The van der Waals surface area contributed by atoms with Crippen LogP contribution in [0.25, 0.3) is 12.3 Å². The van der Waals surface area contributed by atoms with Gasteiger partial charge in [0.2, 0.25) is 0 Å². The Bertz CT molecular complexity index is 619. The second-order valence-electron chi connectivity index (χ2n) is 4.03. The number of nitrogens with zero attached hydrogens (tertiary/aromatic N) is 3. The van der Waals surface area contributed by atoms with Gasteiger partial charge in [0.15, 0.2) is 5.16 Å². The van der Waals surface area contributed by atoms with Gasteiger partial charge in [0, 0.05) is 12.6 Å². The maximum atomic E-state index is 5.26. The van der Waals surface area contributed by atoms with Gasteiger partial charge in [-0.05, 0) is 35.6 Å². The normalized spacial score (nSPS) is 12.8. The van der Waals surface area contributed by atoms with Crippen molar-refractivity contribution in [3.63, 3.8) is 0 Å². The molecule has 1 aromatic heterocycles. The van der Waals surface area contributed by atoms with E-state index in [9.17, 15) is 0 Å². The summed E-state index contributed by atoms with van der Waals surface area (Å²) in [7, 11) is 1.68. The third-order valence-corrected chi connectivity index (χ3v) is 3.66. The van der Waals surface area contributed by atoms with E-state index in [4.69, 9.17) is 4.74 Å². The summed E-state index contributed by atoms with van der Waals surface area (Å²) in [5.41, 5.74) is 2.41. The highest BCUT2D eigenvalue weighted by Crippen LogP contribution is 2.26. The monoisotopic (exact) mass is 259 g/mol. The number of ether oxygens (including phenoxy) is 1. The van der Waals surface area contributed by atoms with Gasteiger partial charge in [0.25, 0.3) is 0 Å². The quantitative estimate of drug-likeness (QED) is 0.663. The van der Waals surface area contributed by atoms with Gasteiger partial charge in [-0.1, -0.05) is 17.8 Å². The lowest BCUT2D eigenvalue weighted by atomic mass is 10.0. The van der Waals surface area contributed by atoms with E-state index < -0.39 is 0 Å². The molecule has 0 amide bonds. The summed E-state index contributed by atoms with van der Waals surface area (Å²) in [4.78, 5) is 0. The Kier molecular flexibility index (Phi) is 2.83. The van der Waals surface area contributed by atoms with Gasteiger partial charge in [-0.15, -0.1) is 10.2 Å². The lowest BCUT2D eigenvalue weighted by Crippen LogP contribution is -1.98. The second kappa shape index (κ2) is 4.49. The summed E-state index contributed by atoms with van der Waals surface area (Å²) in [6.45, 7) is 0. The maximum absolute atomic E-state index is 5.26. The van der Waals surface area contributed by atoms with Crippen molar-refractivity contribution < 1.29 is 4.74 Å². The number of hydrogen-bond acceptors (Lipinski definition) is 4. The van der Waals surface area contributed by atoms with Gasteiger partial charge in [-0.2, -0.15) is 0 Å². The highest BCUT2D eigenvalue weighted by molar-refractivity contribution is 7.98. The first-order valence-corrected chi connectivity index (χ1v) is 6.87. The smallest absolute Gasteiger partial charge is 0.195 e. The Labute approximate surface area is 110 Å². The average Bonchev–Trinajstić information content (AvgIpc) is 2.70. The topological polar surface area (TPSA) is 39.9 Å². The Morgan fingerprint density at radius 1 is 1.33 bits per heavy atom. The van der Waals surface area contributed by atoms with Crippen LogP contribution in [0.1, 0.15) is 17.0 Å². The molecule has 0 atom stereocenters. The van der Waals surface area contributed by atoms with Crippen molar-refractivity contribution in [2.24, 2.45) is 0 Å². The largest absolute Gasteiger partial charge is 0.497 e. The summed E-state index contributed by atoms with van der Waals surface area (Å²) in [6, 6.07) is 6.11. The summed E-state index contributed by atoms with van der Waals surface area (Å²) in [6.07, 6.45) is 6.90. The Morgan fingerprint density at radius 2 is 2.22 bits per heavy atom. The van der Waals surface area contributed by atoms with Gasteiger partial charge in [0.05, 0.1) is 7.11 Å². The molecule has 0 saturated heterocycles. The van der Waals surface area contributed by atoms with Gasteiger partial charge in [-0.25, -0.2) is 0 Å². The molecule has 5 heteroatoms. The van der Waals surface area contributed by atoms with Gasteiger partial charge in [-0.3, -0.25) is 4.57 Å². The molecular formula is C13H13N3OS. The number of thioether (sulfide) groups is 1. The molecule has 2 heterocycles. The number of hydrogen-bond donors (Lipinski definition) is 0. The first kappa shape index (κ1) is 11.3. The molecule has 1 aromatic carbocycles. The van der Waals surface area contributed by atoms with Crippen LogP contribution in [0, 0.1) is 0 Å². The summed E-state index contributed by atoms with van der Waals surface area (Å²) >= 11 is 1.60. The van der Waals surface area contributed by atoms with E-state index in [0.29, 0.717) is 0 Å². The van der Waals surface area contributed by atoms with Crippen LogP contribution in [0.5, 0.6) is 5.75 Å². The van der Waals surface area contributed by atoms with Gasteiger partial charge >= 0.3 is 0 Å². The van der Waals surface area contributed by atoms with E-state index in [-0.39, 0.29) is 0 Å². The molecule has 0 fully saturated rings. The van der Waals surface area contributed by atoms with Crippen LogP contribution in [0.15, 0.2) is 23.4 Å². The zero-order valence-corrected chi connectivity index (χ0v) is 11.1. The average molecular weight is 259 g/mol. The molecule has 0 radical (unpaired) electrons. The molecule has 3 rings (SSSR count). The van der Waals surface area contributed by atoms with Crippen LogP contribution in [0.2, 0.25) is 0 Å². The van der Waals surface area contributed by atoms with Crippen LogP contribution in [-0.2, 0) is 6.42 Å². The minimum absolute atomic E-state index is 0.771.